The molecule has 0 fully saturated rings. The first kappa shape index (κ1) is 21.1. The van der Waals surface area contributed by atoms with Crippen molar-refractivity contribution in [2.24, 2.45) is 0 Å². The fraction of sp³-hybridized carbons (Fsp3) is 0.389. The molecule has 1 aliphatic rings. The molecule has 1 aromatic rings. The second-order valence-electron chi connectivity index (χ2n) is 5.68. The fourth-order valence-electron chi connectivity index (χ4n) is 2.60. The monoisotopic (exact) mass is 409 g/mol. The Morgan fingerprint density at radius 2 is 2.26 bits per heavy atom. The van der Waals surface area contributed by atoms with Gasteiger partial charge in [0.15, 0.2) is 0 Å². The summed E-state index contributed by atoms with van der Waals surface area (Å²) < 4.78 is 10.0. The summed E-state index contributed by atoms with van der Waals surface area (Å²) >= 11 is 7.31. The Bertz CT molecular complexity index is 791. The average molecular weight is 410 g/mol. The van der Waals surface area contributed by atoms with Crippen molar-refractivity contribution >= 4 is 35.2 Å². The molecule has 2 N–H and O–H groups in total. The second kappa shape index (κ2) is 10.2. The molecule has 1 atom stereocenters. The Morgan fingerprint density at radius 3 is 2.89 bits per heavy atom. The highest BCUT2D eigenvalue weighted by Gasteiger charge is 2.30. The molecule has 144 valence electrons. The Hall–Kier alpha value is -2.21. The number of methoxy groups -OCH3 is 2. The van der Waals surface area contributed by atoms with E-state index in [4.69, 9.17) is 21.1 Å². The normalized spacial score (nSPS) is 16.5. The molecular formula is C18H20ClN3O4S. The number of ether oxygens (including phenoxy) is 2. The molecule has 0 saturated heterocycles. The van der Waals surface area contributed by atoms with Crippen LogP contribution in [0.15, 0.2) is 28.8 Å². The van der Waals surface area contributed by atoms with E-state index in [2.05, 4.69) is 16.7 Å². The zero-order valence-electron chi connectivity index (χ0n) is 15.0. The van der Waals surface area contributed by atoms with Crippen LogP contribution in [0.4, 0.5) is 0 Å². The van der Waals surface area contributed by atoms with Gasteiger partial charge in [0.1, 0.15) is 5.75 Å². The van der Waals surface area contributed by atoms with E-state index in [1.54, 1.807) is 25.3 Å². The highest BCUT2D eigenvalue weighted by atomic mass is 35.5. The molecule has 0 radical (unpaired) electrons. The third-order valence-corrected chi connectivity index (χ3v) is 5.22. The number of carbonyl (C=O) groups excluding carboxylic acids is 2. The van der Waals surface area contributed by atoms with E-state index in [0.717, 1.165) is 17.3 Å². The van der Waals surface area contributed by atoms with Gasteiger partial charge in [-0.05, 0) is 17.7 Å². The first-order valence-electron chi connectivity index (χ1n) is 8.16. The van der Waals surface area contributed by atoms with E-state index in [-0.39, 0.29) is 24.0 Å². The summed E-state index contributed by atoms with van der Waals surface area (Å²) in [5.74, 6) is -0.240. The van der Waals surface area contributed by atoms with E-state index in [9.17, 15) is 14.9 Å². The fourth-order valence-corrected chi connectivity index (χ4v) is 3.77. The van der Waals surface area contributed by atoms with Gasteiger partial charge in [-0.1, -0.05) is 29.4 Å². The molecule has 2 amide bonds. The maximum Gasteiger partial charge on any atom is 0.230 e. The first-order valence-corrected chi connectivity index (χ1v) is 9.52. The van der Waals surface area contributed by atoms with Gasteiger partial charge in [-0.3, -0.25) is 9.59 Å². The number of amides is 2. The van der Waals surface area contributed by atoms with Crippen LogP contribution in [-0.2, 0) is 14.3 Å². The Balaban J connectivity index is 2.19. The Morgan fingerprint density at radius 1 is 1.48 bits per heavy atom. The smallest absolute Gasteiger partial charge is 0.230 e. The number of nitrogens with zero attached hydrogens (tertiary/aromatic N) is 1. The minimum atomic E-state index is -0.425. The molecule has 0 saturated carbocycles. The Kier molecular flexibility index (Phi) is 7.98. The van der Waals surface area contributed by atoms with Crippen molar-refractivity contribution in [3.8, 4) is 11.8 Å². The Labute approximate surface area is 167 Å². The van der Waals surface area contributed by atoms with Crippen LogP contribution >= 0.6 is 23.4 Å². The molecule has 7 nitrogen and oxygen atoms in total. The zero-order valence-corrected chi connectivity index (χ0v) is 16.6. The topological polar surface area (TPSA) is 100 Å². The summed E-state index contributed by atoms with van der Waals surface area (Å²) in [6, 6.07) is 7.35. The van der Waals surface area contributed by atoms with Crippen LogP contribution in [0.25, 0.3) is 0 Å². The van der Waals surface area contributed by atoms with Crippen molar-refractivity contribution < 1.29 is 19.1 Å². The van der Waals surface area contributed by atoms with E-state index in [1.165, 1.54) is 7.11 Å². The minimum Gasteiger partial charge on any atom is -0.495 e. The van der Waals surface area contributed by atoms with Crippen LogP contribution in [0.2, 0.25) is 5.02 Å². The number of thioether (sulfide) groups is 1. The lowest BCUT2D eigenvalue weighted by Gasteiger charge is -2.25. The second-order valence-corrected chi connectivity index (χ2v) is 7.08. The van der Waals surface area contributed by atoms with Crippen molar-refractivity contribution in [2.45, 2.75) is 12.3 Å². The maximum atomic E-state index is 12.1. The first-order chi connectivity index (χ1) is 13.0. The molecule has 2 rings (SSSR count). The standard InChI is InChI=1S/C18H20ClN3O4S/c1-25-6-5-21-17(24)10-27-18-13(9-20)12(8-16(23)22-18)11-3-4-15(26-2)14(19)7-11/h3-4,7,12H,5-6,8,10H2,1-2H3,(H,21,24)(H,22,23)/t12-/m0/s1. The molecule has 1 aliphatic heterocycles. The third kappa shape index (κ3) is 5.63. The van der Waals surface area contributed by atoms with Crippen LogP contribution in [0.5, 0.6) is 5.75 Å². The molecule has 1 aromatic carbocycles. The van der Waals surface area contributed by atoms with E-state index in [1.807, 2.05) is 0 Å². The van der Waals surface area contributed by atoms with Crippen LogP contribution in [0.1, 0.15) is 17.9 Å². The van der Waals surface area contributed by atoms with Gasteiger partial charge >= 0.3 is 0 Å². The van der Waals surface area contributed by atoms with Crippen LogP contribution in [0.3, 0.4) is 0 Å². The van der Waals surface area contributed by atoms with E-state index >= 15 is 0 Å². The predicted octanol–water partition coefficient (Wildman–Crippen LogP) is 2.18. The molecule has 0 bridgehead atoms. The quantitative estimate of drug-likeness (QED) is 0.638. The summed E-state index contributed by atoms with van der Waals surface area (Å²) in [5, 5.41) is 15.8. The van der Waals surface area contributed by atoms with Crippen molar-refractivity contribution in [1.82, 2.24) is 10.6 Å². The predicted molar refractivity (Wildman–Crippen MR) is 103 cm³/mol. The van der Waals surface area contributed by atoms with Crippen molar-refractivity contribution in [1.29, 1.82) is 5.26 Å². The highest BCUT2D eigenvalue weighted by molar-refractivity contribution is 8.03. The molecule has 1 heterocycles. The minimum absolute atomic E-state index is 0.0839. The van der Waals surface area contributed by atoms with Crippen molar-refractivity contribution in [3.05, 3.63) is 39.4 Å². The molecule has 27 heavy (non-hydrogen) atoms. The number of benzene rings is 1. The van der Waals surface area contributed by atoms with Crippen molar-refractivity contribution in [3.63, 3.8) is 0 Å². The average Bonchev–Trinajstić information content (AvgIpc) is 2.66. The number of hydrogen-bond acceptors (Lipinski definition) is 6. The zero-order chi connectivity index (χ0) is 19.8. The number of nitrogens with one attached hydrogen (secondary N) is 2. The van der Waals surface area contributed by atoms with Gasteiger partial charge in [0, 0.05) is 26.0 Å². The van der Waals surface area contributed by atoms with E-state index in [0.29, 0.717) is 34.5 Å². The number of rotatable bonds is 8. The number of carbonyl (C=O) groups is 2. The van der Waals surface area contributed by atoms with Crippen molar-refractivity contribution in [2.75, 3.05) is 33.1 Å². The molecule has 9 heteroatoms. The lowest BCUT2D eigenvalue weighted by molar-refractivity contribution is -0.121. The number of allylic oxidation sites excluding steroid dienone is 1. The SMILES string of the molecule is COCCNC(=O)CSC1=C(C#N)[C@H](c2ccc(OC)c(Cl)c2)CC(=O)N1. The van der Waals surface area contributed by atoms with Gasteiger partial charge in [0.2, 0.25) is 11.8 Å². The van der Waals surface area contributed by atoms with Gasteiger partial charge in [0.05, 0.1) is 41.2 Å². The van der Waals surface area contributed by atoms with Gasteiger partial charge < -0.3 is 20.1 Å². The number of nitriles is 1. The maximum absolute atomic E-state index is 12.1. The van der Waals surface area contributed by atoms with Crippen LogP contribution in [-0.4, -0.2) is 44.9 Å². The highest BCUT2D eigenvalue weighted by Crippen LogP contribution is 2.38. The summed E-state index contributed by atoms with van der Waals surface area (Å²) in [5.41, 5.74) is 1.15. The summed E-state index contributed by atoms with van der Waals surface area (Å²) in [6.45, 7) is 0.818. The number of halogens is 1. The largest absolute Gasteiger partial charge is 0.495 e. The van der Waals surface area contributed by atoms with Gasteiger partial charge in [-0.2, -0.15) is 5.26 Å². The summed E-state index contributed by atoms with van der Waals surface area (Å²) in [6.07, 6.45) is 0.135. The third-order valence-electron chi connectivity index (χ3n) is 3.91. The molecule has 0 aliphatic carbocycles. The lowest BCUT2D eigenvalue weighted by atomic mass is 9.87. The van der Waals surface area contributed by atoms with E-state index < -0.39 is 5.92 Å². The molecule has 0 aromatic heterocycles. The number of hydrogen-bond donors (Lipinski definition) is 2. The van der Waals surface area contributed by atoms with Crippen LogP contribution in [0, 0.1) is 11.3 Å². The molecular weight excluding hydrogens is 390 g/mol. The summed E-state index contributed by atoms with van der Waals surface area (Å²) in [4.78, 5) is 24.0. The van der Waals surface area contributed by atoms with Crippen LogP contribution < -0.4 is 15.4 Å². The van der Waals surface area contributed by atoms with Gasteiger partial charge in [-0.25, -0.2) is 0 Å². The van der Waals surface area contributed by atoms with Gasteiger partial charge in [-0.15, -0.1) is 0 Å². The summed E-state index contributed by atoms with van der Waals surface area (Å²) in [7, 11) is 3.07. The molecule has 0 unspecified atom stereocenters. The lowest BCUT2D eigenvalue weighted by Crippen LogP contribution is -2.33. The molecule has 0 spiro atoms. The van der Waals surface area contributed by atoms with Gasteiger partial charge in [0.25, 0.3) is 0 Å².